The largest absolute Gasteiger partial charge is 0.493 e. The molecule has 1 aliphatic rings. The zero-order valence-corrected chi connectivity index (χ0v) is 16.0. The first kappa shape index (κ1) is 19.0. The van der Waals surface area contributed by atoms with Gasteiger partial charge in [-0.05, 0) is 37.1 Å². The Balaban J connectivity index is 1.68. The number of nitrogens with zero attached hydrogens (tertiary/aromatic N) is 1. The molecule has 6 nitrogen and oxygen atoms in total. The predicted octanol–water partition coefficient (Wildman–Crippen LogP) is 4.49. The van der Waals surface area contributed by atoms with Gasteiger partial charge < -0.3 is 20.1 Å². The number of rotatable bonds is 6. The van der Waals surface area contributed by atoms with Gasteiger partial charge in [0.2, 0.25) is 0 Å². The molecule has 2 N–H and O–H groups in total. The second kappa shape index (κ2) is 9.26. The lowest BCUT2D eigenvalue weighted by Crippen LogP contribution is -2.19. The number of hydrogen-bond donors (Lipinski definition) is 2. The molecule has 0 unspecified atom stereocenters. The summed E-state index contributed by atoms with van der Waals surface area (Å²) in [4.78, 5) is 16.8. The molecule has 2 aromatic rings. The third-order valence-electron chi connectivity index (χ3n) is 4.86. The Morgan fingerprint density at radius 1 is 0.963 bits per heavy atom. The zero-order chi connectivity index (χ0) is 19.1. The van der Waals surface area contributed by atoms with Gasteiger partial charge in [-0.25, -0.2) is 0 Å². The molecule has 1 aliphatic carbocycles. The molecule has 0 spiro atoms. The molecule has 3 rings (SSSR count). The fourth-order valence-electron chi connectivity index (χ4n) is 3.41. The minimum atomic E-state index is -0.258. The van der Waals surface area contributed by atoms with E-state index in [2.05, 4.69) is 15.6 Å². The average Bonchev–Trinajstić information content (AvgIpc) is 2.96. The highest BCUT2D eigenvalue weighted by Gasteiger charge is 2.14. The van der Waals surface area contributed by atoms with E-state index in [9.17, 15) is 4.79 Å². The van der Waals surface area contributed by atoms with E-state index in [1.807, 2.05) is 6.07 Å². The molecule has 1 fully saturated rings. The van der Waals surface area contributed by atoms with Crippen LogP contribution in [-0.2, 0) is 0 Å². The van der Waals surface area contributed by atoms with E-state index < -0.39 is 0 Å². The van der Waals surface area contributed by atoms with E-state index in [4.69, 9.17) is 9.47 Å². The predicted molar refractivity (Wildman–Crippen MR) is 107 cm³/mol. The van der Waals surface area contributed by atoms with Gasteiger partial charge in [0.25, 0.3) is 5.91 Å². The Morgan fingerprint density at radius 3 is 2.41 bits per heavy atom. The molecule has 1 amide bonds. The Bertz CT molecular complexity index is 771. The molecule has 0 radical (unpaired) electrons. The summed E-state index contributed by atoms with van der Waals surface area (Å²) in [6.07, 6.45) is 9.17. The first-order valence-electron chi connectivity index (χ1n) is 9.45. The third kappa shape index (κ3) is 5.12. The van der Waals surface area contributed by atoms with Crippen LogP contribution in [0.5, 0.6) is 11.5 Å². The minimum absolute atomic E-state index is 0.258. The maximum Gasteiger partial charge on any atom is 0.274 e. The van der Waals surface area contributed by atoms with Crippen molar-refractivity contribution in [2.75, 3.05) is 24.9 Å². The third-order valence-corrected chi connectivity index (χ3v) is 4.86. The van der Waals surface area contributed by atoms with Gasteiger partial charge in [0.1, 0.15) is 5.69 Å². The smallest absolute Gasteiger partial charge is 0.274 e. The molecular weight excluding hydrogens is 342 g/mol. The minimum Gasteiger partial charge on any atom is -0.493 e. The SMILES string of the molecule is COc1ccc(NC(=O)c2cc(NC3CCCCCC3)ccn2)cc1OC. The van der Waals surface area contributed by atoms with Crippen LogP contribution in [0.15, 0.2) is 36.5 Å². The van der Waals surface area contributed by atoms with Crippen LogP contribution < -0.4 is 20.1 Å². The molecule has 1 heterocycles. The quantitative estimate of drug-likeness (QED) is 0.734. The topological polar surface area (TPSA) is 72.5 Å². The van der Waals surface area contributed by atoms with Crippen LogP contribution in [-0.4, -0.2) is 31.2 Å². The number of carbonyl (C=O) groups is 1. The fraction of sp³-hybridized carbons (Fsp3) is 0.429. The second-order valence-corrected chi connectivity index (χ2v) is 6.79. The number of methoxy groups -OCH3 is 2. The summed E-state index contributed by atoms with van der Waals surface area (Å²) in [5.74, 6) is 0.919. The number of benzene rings is 1. The highest BCUT2D eigenvalue weighted by Crippen LogP contribution is 2.30. The molecule has 0 aliphatic heterocycles. The number of aromatic nitrogens is 1. The molecule has 0 atom stereocenters. The average molecular weight is 369 g/mol. The number of ether oxygens (including phenoxy) is 2. The summed E-state index contributed by atoms with van der Waals surface area (Å²) in [5.41, 5.74) is 1.94. The van der Waals surface area contributed by atoms with E-state index in [-0.39, 0.29) is 5.91 Å². The first-order valence-corrected chi connectivity index (χ1v) is 9.45. The summed E-state index contributed by atoms with van der Waals surface area (Å²) in [7, 11) is 3.14. The summed E-state index contributed by atoms with van der Waals surface area (Å²) in [6, 6.07) is 9.44. The van der Waals surface area contributed by atoms with E-state index in [0.717, 1.165) is 5.69 Å². The van der Waals surface area contributed by atoms with Crippen LogP contribution in [0.3, 0.4) is 0 Å². The molecule has 1 aromatic carbocycles. The number of nitrogens with one attached hydrogen (secondary N) is 2. The van der Waals surface area contributed by atoms with Crippen LogP contribution in [0.25, 0.3) is 0 Å². The standard InChI is InChI=1S/C21H27N3O3/c1-26-19-10-9-16(14-20(19)27-2)24-21(25)18-13-17(11-12-22-18)23-15-7-5-3-4-6-8-15/h9-15H,3-8H2,1-2H3,(H,22,23)(H,24,25). The number of anilines is 2. The monoisotopic (exact) mass is 369 g/mol. The molecule has 1 saturated carbocycles. The van der Waals surface area contributed by atoms with Crippen molar-refractivity contribution >= 4 is 17.3 Å². The van der Waals surface area contributed by atoms with Crippen molar-refractivity contribution in [3.05, 3.63) is 42.2 Å². The molecule has 0 bridgehead atoms. The van der Waals surface area contributed by atoms with Crippen LogP contribution in [0.4, 0.5) is 11.4 Å². The van der Waals surface area contributed by atoms with Gasteiger partial charge in [-0.15, -0.1) is 0 Å². The van der Waals surface area contributed by atoms with Crippen LogP contribution in [0, 0.1) is 0 Å². The van der Waals surface area contributed by atoms with Crippen molar-refractivity contribution in [1.82, 2.24) is 4.98 Å². The van der Waals surface area contributed by atoms with Crippen LogP contribution >= 0.6 is 0 Å². The van der Waals surface area contributed by atoms with Crippen molar-refractivity contribution in [1.29, 1.82) is 0 Å². The number of hydrogen-bond acceptors (Lipinski definition) is 5. The van der Waals surface area contributed by atoms with Crippen LogP contribution in [0.2, 0.25) is 0 Å². The Hall–Kier alpha value is -2.76. The van der Waals surface area contributed by atoms with Gasteiger partial charge in [-0.1, -0.05) is 25.7 Å². The lowest BCUT2D eigenvalue weighted by molar-refractivity contribution is 0.102. The Labute approximate surface area is 160 Å². The molecule has 27 heavy (non-hydrogen) atoms. The maximum absolute atomic E-state index is 12.6. The highest BCUT2D eigenvalue weighted by atomic mass is 16.5. The van der Waals surface area contributed by atoms with Crippen molar-refractivity contribution in [3.63, 3.8) is 0 Å². The van der Waals surface area contributed by atoms with E-state index in [0.29, 0.717) is 28.9 Å². The molecule has 1 aromatic heterocycles. The van der Waals surface area contributed by atoms with Crippen molar-refractivity contribution in [3.8, 4) is 11.5 Å². The highest BCUT2D eigenvalue weighted by molar-refractivity contribution is 6.03. The van der Waals surface area contributed by atoms with E-state index in [1.165, 1.54) is 38.5 Å². The molecule has 0 saturated heterocycles. The molecule has 144 valence electrons. The lowest BCUT2D eigenvalue weighted by atomic mass is 10.1. The fourth-order valence-corrected chi connectivity index (χ4v) is 3.41. The second-order valence-electron chi connectivity index (χ2n) is 6.79. The summed E-state index contributed by atoms with van der Waals surface area (Å²) < 4.78 is 10.5. The molecule has 6 heteroatoms. The normalized spacial score (nSPS) is 14.9. The van der Waals surface area contributed by atoms with Crippen molar-refractivity contribution in [2.45, 2.75) is 44.6 Å². The number of carbonyl (C=O) groups excluding carboxylic acids is 1. The van der Waals surface area contributed by atoms with Gasteiger partial charge in [0.15, 0.2) is 11.5 Å². The lowest BCUT2D eigenvalue weighted by Gasteiger charge is -2.18. The maximum atomic E-state index is 12.6. The Kier molecular flexibility index (Phi) is 6.52. The summed E-state index contributed by atoms with van der Waals surface area (Å²) in [6.45, 7) is 0. The molecular formula is C21H27N3O3. The van der Waals surface area contributed by atoms with Gasteiger partial charge in [-0.3, -0.25) is 9.78 Å². The van der Waals surface area contributed by atoms with Crippen molar-refractivity contribution < 1.29 is 14.3 Å². The van der Waals surface area contributed by atoms with Crippen LogP contribution in [0.1, 0.15) is 49.0 Å². The zero-order valence-electron chi connectivity index (χ0n) is 16.0. The van der Waals surface area contributed by atoms with Crippen molar-refractivity contribution in [2.24, 2.45) is 0 Å². The van der Waals surface area contributed by atoms with Gasteiger partial charge in [0, 0.05) is 29.7 Å². The van der Waals surface area contributed by atoms with E-state index in [1.54, 1.807) is 44.7 Å². The number of amides is 1. The summed E-state index contributed by atoms with van der Waals surface area (Å²) >= 11 is 0. The summed E-state index contributed by atoms with van der Waals surface area (Å²) in [5, 5.41) is 6.42. The number of pyridine rings is 1. The van der Waals surface area contributed by atoms with Gasteiger partial charge >= 0.3 is 0 Å². The van der Waals surface area contributed by atoms with Gasteiger partial charge in [-0.2, -0.15) is 0 Å². The van der Waals surface area contributed by atoms with E-state index >= 15 is 0 Å². The van der Waals surface area contributed by atoms with Gasteiger partial charge in [0.05, 0.1) is 14.2 Å². The first-order chi connectivity index (χ1) is 13.2. The Morgan fingerprint density at radius 2 is 1.70 bits per heavy atom.